The Hall–Kier alpha value is -3.75. The highest BCUT2D eigenvalue weighted by atomic mass is 16.5. The predicted molar refractivity (Wildman–Crippen MR) is 148 cm³/mol. The maximum absolute atomic E-state index is 13.0. The Morgan fingerprint density at radius 3 is 2.43 bits per heavy atom. The molecular formula is C29H34N6O2. The van der Waals surface area contributed by atoms with Crippen molar-refractivity contribution in [2.75, 3.05) is 36.9 Å². The van der Waals surface area contributed by atoms with Crippen molar-refractivity contribution in [2.45, 2.75) is 32.7 Å². The number of hydrogen-bond donors (Lipinski definition) is 2. The van der Waals surface area contributed by atoms with Crippen LogP contribution in [0.15, 0.2) is 60.9 Å². The Morgan fingerprint density at radius 2 is 1.73 bits per heavy atom. The predicted octanol–water partition coefficient (Wildman–Crippen LogP) is 5.41. The number of anilines is 2. The molecule has 2 aromatic carbocycles. The number of urea groups is 1. The molecule has 0 bridgehead atoms. The minimum Gasteiger partial charge on any atom is -0.379 e. The van der Waals surface area contributed by atoms with Crippen molar-refractivity contribution in [1.29, 1.82) is 0 Å². The fraction of sp³-hybridized carbons (Fsp3) is 0.345. The summed E-state index contributed by atoms with van der Waals surface area (Å²) in [6.45, 7) is 10.6. The van der Waals surface area contributed by atoms with Gasteiger partial charge in [0.05, 0.1) is 30.8 Å². The lowest BCUT2D eigenvalue weighted by atomic mass is 9.89. The molecule has 1 aliphatic rings. The molecule has 192 valence electrons. The number of fused-ring (bicyclic) bond motifs is 1. The number of benzene rings is 2. The minimum atomic E-state index is -0.305. The number of carbonyl (C=O) groups is 1. The Kier molecular flexibility index (Phi) is 6.95. The SMILES string of the molecule is Cn1ncc(C(C)(C)C)c1NC(=O)Nc1ccc(-c2ccc(CN3CCOCC3)nc2)c2ccccc12. The summed E-state index contributed by atoms with van der Waals surface area (Å²) in [5.41, 5.74) is 4.76. The summed E-state index contributed by atoms with van der Waals surface area (Å²) in [7, 11) is 1.83. The first-order chi connectivity index (χ1) is 17.8. The lowest BCUT2D eigenvalue weighted by Gasteiger charge is -2.26. The van der Waals surface area contributed by atoms with Crippen molar-refractivity contribution in [3.05, 3.63) is 72.2 Å². The van der Waals surface area contributed by atoms with E-state index >= 15 is 0 Å². The van der Waals surface area contributed by atoms with Gasteiger partial charge in [0.1, 0.15) is 5.82 Å². The van der Waals surface area contributed by atoms with Gasteiger partial charge in [0.2, 0.25) is 0 Å². The number of carbonyl (C=O) groups excluding carboxylic acids is 1. The summed E-state index contributed by atoms with van der Waals surface area (Å²) >= 11 is 0. The van der Waals surface area contributed by atoms with Gasteiger partial charge in [-0.1, -0.05) is 57.2 Å². The monoisotopic (exact) mass is 498 g/mol. The number of hydrogen-bond acceptors (Lipinski definition) is 5. The zero-order chi connectivity index (χ0) is 26.0. The lowest BCUT2D eigenvalue weighted by Crippen LogP contribution is -2.35. The third-order valence-electron chi connectivity index (χ3n) is 6.78. The molecule has 1 aliphatic heterocycles. The Balaban J connectivity index is 1.37. The largest absolute Gasteiger partial charge is 0.379 e. The zero-order valence-corrected chi connectivity index (χ0v) is 21.9. The lowest BCUT2D eigenvalue weighted by molar-refractivity contribution is 0.0336. The van der Waals surface area contributed by atoms with E-state index in [1.54, 1.807) is 10.9 Å². The van der Waals surface area contributed by atoms with Gasteiger partial charge in [-0.05, 0) is 28.5 Å². The Bertz CT molecular complexity index is 1400. The van der Waals surface area contributed by atoms with E-state index in [0.29, 0.717) is 5.82 Å². The third-order valence-corrected chi connectivity index (χ3v) is 6.78. The van der Waals surface area contributed by atoms with Gasteiger partial charge in [0, 0.05) is 49.4 Å². The van der Waals surface area contributed by atoms with Crippen LogP contribution in [0.25, 0.3) is 21.9 Å². The molecule has 0 saturated carbocycles. The molecule has 2 aromatic heterocycles. The van der Waals surface area contributed by atoms with Gasteiger partial charge in [-0.25, -0.2) is 4.79 Å². The van der Waals surface area contributed by atoms with Crippen molar-refractivity contribution in [2.24, 2.45) is 7.05 Å². The normalized spacial score (nSPS) is 14.6. The quantitative estimate of drug-likeness (QED) is 0.384. The van der Waals surface area contributed by atoms with Crippen LogP contribution >= 0.6 is 0 Å². The summed E-state index contributed by atoms with van der Waals surface area (Å²) in [6.07, 6.45) is 3.74. The molecule has 5 rings (SSSR count). The summed E-state index contributed by atoms with van der Waals surface area (Å²) in [5.74, 6) is 0.689. The van der Waals surface area contributed by atoms with Crippen LogP contribution in [0.3, 0.4) is 0 Å². The zero-order valence-electron chi connectivity index (χ0n) is 21.9. The van der Waals surface area contributed by atoms with Gasteiger partial charge in [-0.2, -0.15) is 5.10 Å². The Labute approximate surface area is 217 Å². The van der Waals surface area contributed by atoms with E-state index in [0.717, 1.165) is 71.7 Å². The van der Waals surface area contributed by atoms with Gasteiger partial charge in [0.15, 0.2) is 0 Å². The van der Waals surface area contributed by atoms with Crippen molar-refractivity contribution >= 4 is 28.3 Å². The van der Waals surface area contributed by atoms with Crippen LogP contribution in [0, 0.1) is 0 Å². The van der Waals surface area contributed by atoms with E-state index in [-0.39, 0.29) is 11.4 Å². The van der Waals surface area contributed by atoms with Gasteiger partial charge in [0.25, 0.3) is 0 Å². The molecule has 3 heterocycles. The van der Waals surface area contributed by atoms with Crippen molar-refractivity contribution in [3.8, 4) is 11.1 Å². The molecule has 0 atom stereocenters. The average molecular weight is 499 g/mol. The molecule has 1 saturated heterocycles. The summed E-state index contributed by atoms with van der Waals surface area (Å²) in [5, 5.41) is 12.4. The highest BCUT2D eigenvalue weighted by Crippen LogP contribution is 2.34. The number of pyridine rings is 1. The van der Waals surface area contributed by atoms with E-state index in [2.05, 4.69) is 59.6 Å². The first-order valence-electron chi connectivity index (χ1n) is 12.7. The molecule has 2 N–H and O–H groups in total. The molecule has 4 aromatic rings. The summed E-state index contributed by atoms with van der Waals surface area (Å²) in [4.78, 5) is 20.1. The molecule has 2 amide bonds. The first-order valence-corrected chi connectivity index (χ1v) is 12.7. The number of morpholine rings is 1. The van der Waals surface area contributed by atoms with E-state index < -0.39 is 0 Å². The van der Waals surface area contributed by atoms with E-state index in [1.165, 1.54) is 0 Å². The second-order valence-electron chi connectivity index (χ2n) is 10.5. The number of aryl methyl sites for hydroxylation is 1. The van der Waals surface area contributed by atoms with Crippen molar-refractivity contribution in [1.82, 2.24) is 19.7 Å². The standard InChI is InChI=1S/C29H34N6O2/c1-29(2,3)25-18-31-34(4)27(25)33-28(36)32-26-12-11-22(23-7-5-6-8-24(23)26)20-9-10-21(30-17-20)19-35-13-15-37-16-14-35/h5-12,17-18H,13-16,19H2,1-4H3,(H2,32,33,36). The van der Waals surface area contributed by atoms with Crippen LogP contribution in [-0.4, -0.2) is 52.0 Å². The van der Waals surface area contributed by atoms with E-state index in [9.17, 15) is 4.79 Å². The van der Waals surface area contributed by atoms with Crippen LogP contribution in [0.1, 0.15) is 32.0 Å². The topological polar surface area (TPSA) is 84.3 Å². The highest BCUT2D eigenvalue weighted by molar-refractivity contribution is 6.09. The smallest absolute Gasteiger partial charge is 0.324 e. The number of aromatic nitrogens is 3. The van der Waals surface area contributed by atoms with Crippen LogP contribution < -0.4 is 10.6 Å². The molecule has 8 nitrogen and oxygen atoms in total. The molecule has 0 aliphatic carbocycles. The fourth-order valence-electron chi connectivity index (χ4n) is 4.72. The third kappa shape index (κ3) is 5.50. The van der Waals surface area contributed by atoms with E-state index in [4.69, 9.17) is 9.72 Å². The average Bonchev–Trinajstić information content (AvgIpc) is 3.26. The van der Waals surface area contributed by atoms with Crippen molar-refractivity contribution in [3.63, 3.8) is 0 Å². The van der Waals surface area contributed by atoms with Gasteiger partial charge < -0.3 is 10.1 Å². The molecule has 8 heteroatoms. The van der Waals surface area contributed by atoms with Gasteiger partial charge in [-0.3, -0.25) is 19.9 Å². The Morgan fingerprint density at radius 1 is 0.973 bits per heavy atom. The number of ether oxygens (including phenoxy) is 1. The van der Waals surface area contributed by atoms with Crippen LogP contribution in [0.4, 0.5) is 16.3 Å². The van der Waals surface area contributed by atoms with E-state index in [1.807, 2.05) is 43.6 Å². The molecule has 1 fully saturated rings. The number of nitrogens with zero attached hydrogens (tertiary/aromatic N) is 4. The summed E-state index contributed by atoms with van der Waals surface area (Å²) in [6, 6.07) is 16.0. The van der Waals surface area contributed by atoms with Gasteiger partial charge in [-0.15, -0.1) is 0 Å². The number of amides is 2. The van der Waals surface area contributed by atoms with Crippen LogP contribution in [0.5, 0.6) is 0 Å². The second-order valence-corrected chi connectivity index (χ2v) is 10.5. The van der Waals surface area contributed by atoms with Crippen LogP contribution in [0.2, 0.25) is 0 Å². The highest BCUT2D eigenvalue weighted by Gasteiger charge is 2.23. The van der Waals surface area contributed by atoms with Crippen molar-refractivity contribution < 1.29 is 9.53 Å². The number of nitrogens with one attached hydrogen (secondary N) is 2. The molecular weight excluding hydrogens is 464 g/mol. The van der Waals surface area contributed by atoms with Gasteiger partial charge >= 0.3 is 6.03 Å². The van der Waals surface area contributed by atoms with Crippen LogP contribution in [-0.2, 0) is 23.7 Å². The second kappa shape index (κ2) is 10.3. The first kappa shape index (κ1) is 24.9. The molecule has 0 unspecified atom stereocenters. The minimum absolute atomic E-state index is 0.142. The maximum atomic E-state index is 13.0. The summed E-state index contributed by atoms with van der Waals surface area (Å²) < 4.78 is 7.13. The molecule has 0 radical (unpaired) electrons. The number of rotatable bonds is 5. The maximum Gasteiger partial charge on any atom is 0.324 e. The molecule has 0 spiro atoms. The molecule has 37 heavy (non-hydrogen) atoms. The fourth-order valence-corrected chi connectivity index (χ4v) is 4.72.